The van der Waals surface area contributed by atoms with Crippen molar-refractivity contribution in [3.63, 3.8) is 0 Å². The van der Waals surface area contributed by atoms with Gasteiger partial charge in [0.15, 0.2) is 5.65 Å². The zero-order valence-electron chi connectivity index (χ0n) is 13.7. The number of aryl methyl sites for hydroxylation is 2. The SMILES string of the molecule is Cn1ncc2c(=O)n(CCC(=O)Nc3ccccc3SC(F)F)cnc21. The van der Waals surface area contributed by atoms with Gasteiger partial charge < -0.3 is 5.32 Å². The Morgan fingerprint density at radius 2 is 2.12 bits per heavy atom. The molecule has 0 unspecified atom stereocenters. The number of alkyl halides is 2. The number of thioether (sulfide) groups is 1. The van der Waals surface area contributed by atoms with Crippen molar-refractivity contribution in [1.82, 2.24) is 19.3 Å². The van der Waals surface area contributed by atoms with Crippen molar-refractivity contribution < 1.29 is 13.6 Å². The van der Waals surface area contributed by atoms with E-state index in [1.165, 1.54) is 27.8 Å². The van der Waals surface area contributed by atoms with E-state index in [0.717, 1.165) is 0 Å². The van der Waals surface area contributed by atoms with E-state index >= 15 is 0 Å². The van der Waals surface area contributed by atoms with Crippen LogP contribution in [0, 0.1) is 0 Å². The third kappa shape index (κ3) is 3.90. The summed E-state index contributed by atoms with van der Waals surface area (Å²) in [4.78, 5) is 28.9. The van der Waals surface area contributed by atoms with Crippen LogP contribution in [0.5, 0.6) is 0 Å². The second-order valence-electron chi connectivity index (χ2n) is 5.42. The van der Waals surface area contributed by atoms with E-state index in [-0.39, 0.29) is 29.3 Å². The highest BCUT2D eigenvalue weighted by molar-refractivity contribution is 7.99. The van der Waals surface area contributed by atoms with Gasteiger partial charge in [0, 0.05) is 24.9 Å². The van der Waals surface area contributed by atoms with Gasteiger partial charge in [0.05, 0.1) is 18.2 Å². The normalized spacial score (nSPS) is 11.2. The summed E-state index contributed by atoms with van der Waals surface area (Å²) in [6.07, 6.45) is 2.79. The molecule has 3 aromatic rings. The van der Waals surface area contributed by atoms with Gasteiger partial charge in [0.2, 0.25) is 5.91 Å². The number of para-hydroxylation sites is 1. The van der Waals surface area contributed by atoms with Gasteiger partial charge >= 0.3 is 0 Å². The first-order valence-corrected chi connectivity index (χ1v) is 8.54. The van der Waals surface area contributed by atoms with Crippen LogP contribution in [0.4, 0.5) is 14.5 Å². The number of hydrogen-bond donors (Lipinski definition) is 1. The van der Waals surface area contributed by atoms with Gasteiger partial charge in [0.25, 0.3) is 11.3 Å². The minimum Gasteiger partial charge on any atom is -0.325 e. The molecule has 0 saturated carbocycles. The van der Waals surface area contributed by atoms with E-state index in [0.29, 0.717) is 28.5 Å². The van der Waals surface area contributed by atoms with Gasteiger partial charge in [0.1, 0.15) is 5.39 Å². The molecule has 0 atom stereocenters. The van der Waals surface area contributed by atoms with Crippen molar-refractivity contribution in [2.45, 2.75) is 23.6 Å². The number of amides is 1. The third-order valence-corrected chi connectivity index (χ3v) is 4.46. The second-order valence-corrected chi connectivity index (χ2v) is 6.45. The Morgan fingerprint density at radius 1 is 1.35 bits per heavy atom. The van der Waals surface area contributed by atoms with Crippen molar-refractivity contribution >= 4 is 34.4 Å². The number of nitrogens with one attached hydrogen (secondary N) is 1. The van der Waals surface area contributed by atoms with Crippen molar-refractivity contribution in [3.8, 4) is 0 Å². The van der Waals surface area contributed by atoms with Crippen molar-refractivity contribution in [2.24, 2.45) is 7.05 Å². The molecule has 0 aliphatic heterocycles. The highest BCUT2D eigenvalue weighted by atomic mass is 32.2. The summed E-state index contributed by atoms with van der Waals surface area (Å²) < 4.78 is 28.0. The van der Waals surface area contributed by atoms with Crippen LogP contribution in [0.15, 0.2) is 46.5 Å². The van der Waals surface area contributed by atoms with Crippen molar-refractivity contribution in [3.05, 3.63) is 47.1 Å². The Kier molecular flexibility index (Phi) is 5.31. The number of rotatable bonds is 6. The number of anilines is 1. The highest BCUT2D eigenvalue weighted by Gasteiger charge is 2.13. The molecule has 10 heteroatoms. The second kappa shape index (κ2) is 7.65. The van der Waals surface area contributed by atoms with E-state index in [9.17, 15) is 18.4 Å². The Balaban J connectivity index is 1.68. The molecule has 1 aromatic carbocycles. The molecule has 26 heavy (non-hydrogen) atoms. The number of carbonyl (C=O) groups is 1. The lowest BCUT2D eigenvalue weighted by atomic mass is 10.3. The molecule has 2 aromatic heterocycles. The monoisotopic (exact) mass is 379 g/mol. The zero-order chi connectivity index (χ0) is 18.7. The molecule has 0 aliphatic carbocycles. The van der Waals surface area contributed by atoms with E-state index < -0.39 is 5.76 Å². The number of halogens is 2. The molecular weight excluding hydrogens is 364 g/mol. The molecule has 0 saturated heterocycles. The maximum atomic E-state index is 12.6. The largest absolute Gasteiger partial charge is 0.325 e. The molecule has 7 nitrogen and oxygen atoms in total. The molecule has 3 rings (SSSR count). The summed E-state index contributed by atoms with van der Waals surface area (Å²) in [5.41, 5.74) is 0.495. The molecule has 0 radical (unpaired) electrons. The van der Waals surface area contributed by atoms with Gasteiger partial charge in [-0.25, -0.2) is 4.98 Å². The molecular formula is C16H15F2N5O2S. The van der Waals surface area contributed by atoms with Gasteiger partial charge in [-0.15, -0.1) is 0 Å². The van der Waals surface area contributed by atoms with Gasteiger partial charge in [-0.3, -0.25) is 18.8 Å². The first-order chi connectivity index (χ1) is 12.5. The van der Waals surface area contributed by atoms with Crippen LogP contribution < -0.4 is 10.9 Å². The van der Waals surface area contributed by atoms with Gasteiger partial charge in [-0.1, -0.05) is 23.9 Å². The predicted molar refractivity (Wildman–Crippen MR) is 94.3 cm³/mol. The fraction of sp³-hybridized carbons (Fsp3) is 0.250. The van der Waals surface area contributed by atoms with Crippen molar-refractivity contribution in [2.75, 3.05) is 5.32 Å². The number of benzene rings is 1. The zero-order valence-corrected chi connectivity index (χ0v) is 14.5. The van der Waals surface area contributed by atoms with Crippen LogP contribution in [0.25, 0.3) is 11.0 Å². The van der Waals surface area contributed by atoms with E-state index in [4.69, 9.17) is 0 Å². The molecule has 0 aliphatic rings. The average Bonchev–Trinajstić information content (AvgIpc) is 2.98. The minimum atomic E-state index is -2.58. The maximum Gasteiger partial charge on any atom is 0.288 e. The van der Waals surface area contributed by atoms with Gasteiger partial charge in [-0.05, 0) is 12.1 Å². The fourth-order valence-electron chi connectivity index (χ4n) is 2.43. The summed E-state index contributed by atoms with van der Waals surface area (Å²) in [5.74, 6) is -2.96. The summed E-state index contributed by atoms with van der Waals surface area (Å²) in [6, 6.07) is 6.33. The Bertz CT molecular complexity index is 1000. The van der Waals surface area contributed by atoms with Crippen LogP contribution in [-0.4, -0.2) is 31.0 Å². The smallest absolute Gasteiger partial charge is 0.288 e. The number of carbonyl (C=O) groups excluding carboxylic acids is 1. The summed E-state index contributed by atoms with van der Waals surface area (Å²) in [6.45, 7) is 0.118. The third-order valence-electron chi connectivity index (χ3n) is 3.68. The van der Waals surface area contributed by atoms with Crippen LogP contribution in [0.1, 0.15) is 6.42 Å². The molecule has 136 valence electrons. The lowest BCUT2D eigenvalue weighted by molar-refractivity contribution is -0.116. The topological polar surface area (TPSA) is 81.8 Å². The summed E-state index contributed by atoms with van der Waals surface area (Å²) >= 11 is 0.365. The van der Waals surface area contributed by atoms with E-state index in [2.05, 4.69) is 15.4 Å². The van der Waals surface area contributed by atoms with Crippen LogP contribution in [0.3, 0.4) is 0 Å². The van der Waals surface area contributed by atoms with E-state index in [1.54, 1.807) is 25.2 Å². The fourth-order valence-corrected chi connectivity index (χ4v) is 3.02. The molecule has 2 heterocycles. The number of nitrogens with zero attached hydrogens (tertiary/aromatic N) is 4. The first-order valence-electron chi connectivity index (χ1n) is 7.66. The standard InChI is InChI=1S/C16H15F2N5O2S/c1-22-14-10(8-20-22)15(25)23(9-19-14)7-6-13(24)21-11-4-2-3-5-12(11)26-16(17)18/h2-5,8-9,16H,6-7H2,1H3,(H,21,24). The quantitative estimate of drug-likeness (QED) is 0.666. The first kappa shape index (κ1) is 18.1. The molecule has 1 amide bonds. The number of aromatic nitrogens is 4. The lowest BCUT2D eigenvalue weighted by Gasteiger charge is -2.11. The Hall–Kier alpha value is -2.75. The average molecular weight is 379 g/mol. The lowest BCUT2D eigenvalue weighted by Crippen LogP contribution is -2.23. The summed E-state index contributed by atoms with van der Waals surface area (Å²) in [7, 11) is 1.68. The van der Waals surface area contributed by atoms with Crippen LogP contribution in [-0.2, 0) is 18.4 Å². The number of hydrogen-bond acceptors (Lipinski definition) is 5. The van der Waals surface area contributed by atoms with Gasteiger partial charge in [-0.2, -0.15) is 13.9 Å². The molecule has 0 fully saturated rings. The van der Waals surface area contributed by atoms with Crippen LogP contribution >= 0.6 is 11.8 Å². The molecule has 1 N–H and O–H groups in total. The highest BCUT2D eigenvalue weighted by Crippen LogP contribution is 2.31. The minimum absolute atomic E-state index is 0.00103. The molecule has 0 spiro atoms. The Morgan fingerprint density at radius 3 is 2.88 bits per heavy atom. The predicted octanol–water partition coefficient (Wildman–Crippen LogP) is 2.47. The Labute approximate surface area is 151 Å². The number of fused-ring (bicyclic) bond motifs is 1. The van der Waals surface area contributed by atoms with E-state index in [1.807, 2.05) is 0 Å². The summed E-state index contributed by atoms with van der Waals surface area (Å²) in [5, 5.41) is 6.95. The maximum absolute atomic E-state index is 12.6. The molecule has 0 bridgehead atoms. The van der Waals surface area contributed by atoms with Crippen molar-refractivity contribution in [1.29, 1.82) is 0 Å². The van der Waals surface area contributed by atoms with Crippen LogP contribution in [0.2, 0.25) is 0 Å².